The molecule has 0 unspecified atom stereocenters. The van der Waals surface area contributed by atoms with Crippen molar-refractivity contribution in [2.24, 2.45) is 5.90 Å². The Hall–Kier alpha value is -1.00. The summed E-state index contributed by atoms with van der Waals surface area (Å²) in [5.41, 5.74) is 0.634. The van der Waals surface area contributed by atoms with Crippen LogP contribution in [-0.4, -0.2) is 11.6 Å². The number of halogens is 1. The number of nitrogens with two attached hydrogens (primary N) is 1. The van der Waals surface area contributed by atoms with Gasteiger partial charge in [0.1, 0.15) is 5.82 Å². The highest BCUT2D eigenvalue weighted by Gasteiger charge is 2.46. The lowest BCUT2D eigenvalue weighted by atomic mass is 10.0. The molecule has 1 fully saturated rings. The molecule has 0 aliphatic heterocycles. The van der Waals surface area contributed by atoms with E-state index in [-0.39, 0.29) is 11.2 Å². The molecule has 1 aliphatic carbocycles. The van der Waals surface area contributed by atoms with E-state index < -0.39 is 0 Å². The molecule has 0 bridgehead atoms. The normalized spacial score (nSPS) is 18.6. The van der Waals surface area contributed by atoms with Gasteiger partial charge in [-0.1, -0.05) is 0 Å². The van der Waals surface area contributed by atoms with Crippen LogP contribution in [0.3, 0.4) is 0 Å². The third-order valence-corrected chi connectivity index (χ3v) is 2.48. The van der Waals surface area contributed by atoms with E-state index in [9.17, 15) is 4.39 Å². The largest absolute Gasteiger partial charge is 0.304 e. The van der Waals surface area contributed by atoms with Crippen molar-refractivity contribution in [2.45, 2.75) is 18.3 Å². The number of hydrogen-bond donors (Lipinski definition) is 1. The van der Waals surface area contributed by atoms with Crippen LogP contribution in [0.4, 0.5) is 4.39 Å². The van der Waals surface area contributed by atoms with Crippen molar-refractivity contribution >= 4 is 0 Å². The molecule has 0 saturated heterocycles. The molecule has 1 aromatic rings. The van der Waals surface area contributed by atoms with Gasteiger partial charge in [0, 0.05) is 11.6 Å². The van der Waals surface area contributed by atoms with E-state index in [1.54, 1.807) is 0 Å². The lowest BCUT2D eigenvalue weighted by Gasteiger charge is -2.11. The molecule has 0 spiro atoms. The van der Waals surface area contributed by atoms with E-state index in [1.165, 1.54) is 18.3 Å². The number of rotatable bonds is 3. The van der Waals surface area contributed by atoms with E-state index in [0.29, 0.717) is 6.61 Å². The van der Waals surface area contributed by atoms with Crippen LogP contribution in [0.1, 0.15) is 18.5 Å². The molecule has 1 saturated carbocycles. The first kappa shape index (κ1) is 8.59. The van der Waals surface area contributed by atoms with Crippen molar-refractivity contribution < 1.29 is 9.23 Å². The summed E-state index contributed by atoms with van der Waals surface area (Å²) in [5.74, 6) is 4.75. The fraction of sp³-hybridized carbons (Fsp3) is 0.444. The smallest absolute Gasteiger partial charge is 0.126 e. The zero-order valence-electron chi connectivity index (χ0n) is 7.16. The molecular formula is C9H11FN2O. The van der Waals surface area contributed by atoms with Crippen molar-refractivity contribution in [1.82, 2.24) is 4.98 Å². The molecule has 0 atom stereocenters. The van der Waals surface area contributed by atoms with E-state index in [1.807, 2.05) is 0 Å². The van der Waals surface area contributed by atoms with Gasteiger partial charge in [-0.15, -0.1) is 0 Å². The van der Waals surface area contributed by atoms with Gasteiger partial charge in [0.15, 0.2) is 0 Å². The summed E-state index contributed by atoms with van der Waals surface area (Å²) in [6, 6.07) is 2.79. The fourth-order valence-corrected chi connectivity index (χ4v) is 1.48. The highest BCUT2D eigenvalue weighted by Crippen LogP contribution is 2.47. The molecule has 13 heavy (non-hydrogen) atoms. The summed E-state index contributed by atoms with van der Waals surface area (Å²) >= 11 is 0. The number of aromatic nitrogens is 1. The molecule has 2 N–H and O–H groups in total. The molecule has 2 rings (SSSR count). The minimum Gasteiger partial charge on any atom is -0.304 e. The zero-order valence-corrected chi connectivity index (χ0v) is 7.16. The predicted octanol–water partition coefficient (Wildman–Crippen LogP) is 1.14. The zero-order chi connectivity index (χ0) is 9.31. The summed E-state index contributed by atoms with van der Waals surface area (Å²) in [7, 11) is 0. The van der Waals surface area contributed by atoms with Gasteiger partial charge in [0.05, 0.1) is 12.3 Å². The minimum absolute atomic E-state index is 0.114. The van der Waals surface area contributed by atoms with Crippen LogP contribution in [0, 0.1) is 5.82 Å². The lowest BCUT2D eigenvalue weighted by molar-refractivity contribution is 0.115. The Bertz CT molecular complexity index is 312. The average molecular weight is 182 g/mol. The van der Waals surface area contributed by atoms with E-state index in [4.69, 9.17) is 5.90 Å². The number of nitrogens with zero attached hydrogens (tertiary/aromatic N) is 1. The maximum atomic E-state index is 12.9. The second-order valence-corrected chi connectivity index (χ2v) is 3.45. The topological polar surface area (TPSA) is 48.1 Å². The first-order chi connectivity index (χ1) is 6.27. The van der Waals surface area contributed by atoms with Gasteiger partial charge in [-0.3, -0.25) is 4.98 Å². The Morgan fingerprint density at radius 1 is 1.62 bits per heavy atom. The standard InChI is InChI=1S/C9H11FN2O/c10-7-1-4-12-8(5-7)9(2-3-9)6-13-11/h1,4-5H,2-3,6,11H2. The Morgan fingerprint density at radius 3 is 2.92 bits per heavy atom. The molecule has 0 amide bonds. The highest BCUT2D eigenvalue weighted by molar-refractivity contribution is 5.25. The van der Waals surface area contributed by atoms with Crippen molar-refractivity contribution in [3.63, 3.8) is 0 Å². The van der Waals surface area contributed by atoms with Gasteiger partial charge in [-0.25, -0.2) is 10.3 Å². The van der Waals surface area contributed by atoms with E-state index in [0.717, 1.165) is 18.5 Å². The molecule has 1 aromatic heterocycles. The molecule has 4 heteroatoms. The van der Waals surface area contributed by atoms with Gasteiger partial charge in [0.2, 0.25) is 0 Å². The molecule has 0 aromatic carbocycles. The van der Waals surface area contributed by atoms with Gasteiger partial charge in [0.25, 0.3) is 0 Å². The summed E-state index contributed by atoms with van der Waals surface area (Å²) in [6.07, 6.45) is 3.42. The monoisotopic (exact) mass is 182 g/mol. The molecule has 0 radical (unpaired) electrons. The molecular weight excluding hydrogens is 171 g/mol. The summed E-state index contributed by atoms with van der Waals surface area (Å²) in [6.45, 7) is 0.420. The Labute approximate surface area is 75.7 Å². The fourth-order valence-electron chi connectivity index (χ4n) is 1.48. The Morgan fingerprint density at radius 2 is 2.38 bits per heavy atom. The predicted molar refractivity (Wildman–Crippen MR) is 45.2 cm³/mol. The summed E-state index contributed by atoms with van der Waals surface area (Å²) in [4.78, 5) is 8.72. The summed E-state index contributed by atoms with van der Waals surface area (Å²) < 4.78 is 12.9. The minimum atomic E-state index is -0.256. The maximum Gasteiger partial charge on any atom is 0.126 e. The number of hydrogen-bond acceptors (Lipinski definition) is 3. The van der Waals surface area contributed by atoms with Gasteiger partial charge in [-0.2, -0.15) is 0 Å². The second-order valence-electron chi connectivity index (χ2n) is 3.45. The van der Waals surface area contributed by atoms with Crippen LogP contribution >= 0.6 is 0 Å². The highest BCUT2D eigenvalue weighted by atomic mass is 19.1. The third-order valence-electron chi connectivity index (χ3n) is 2.48. The van der Waals surface area contributed by atoms with Crippen molar-refractivity contribution in [3.05, 3.63) is 29.8 Å². The van der Waals surface area contributed by atoms with Crippen LogP contribution in [-0.2, 0) is 10.3 Å². The van der Waals surface area contributed by atoms with Gasteiger partial charge in [-0.05, 0) is 25.0 Å². The Kier molecular flexibility index (Phi) is 2.01. The van der Waals surface area contributed by atoms with Crippen LogP contribution < -0.4 is 5.90 Å². The quantitative estimate of drug-likeness (QED) is 0.713. The van der Waals surface area contributed by atoms with Crippen LogP contribution in [0.5, 0.6) is 0 Å². The van der Waals surface area contributed by atoms with Crippen molar-refractivity contribution in [1.29, 1.82) is 0 Å². The van der Waals surface area contributed by atoms with Gasteiger partial charge >= 0.3 is 0 Å². The maximum absolute atomic E-state index is 12.9. The molecule has 1 heterocycles. The summed E-state index contributed by atoms with van der Waals surface area (Å²) in [5, 5.41) is 0. The van der Waals surface area contributed by atoms with Crippen molar-refractivity contribution in [2.75, 3.05) is 6.61 Å². The van der Waals surface area contributed by atoms with Crippen molar-refractivity contribution in [3.8, 4) is 0 Å². The third kappa shape index (κ3) is 1.55. The van der Waals surface area contributed by atoms with Crippen LogP contribution in [0.2, 0.25) is 0 Å². The van der Waals surface area contributed by atoms with E-state index >= 15 is 0 Å². The second kappa shape index (κ2) is 3.05. The first-order valence-electron chi connectivity index (χ1n) is 4.21. The van der Waals surface area contributed by atoms with E-state index in [2.05, 4.69) is 9.82 Å². The number of pyridine rings is 1. The SMILES string of the molecule is NOCC1(c2cc(F)ccn2)CC1. The van der Waals surface area contributed by atoms with Gasteiger partial charge < -0.3 is 4.84 Å². The molecule has 1 aliphatic rings. The average Bonchev–Trinajstić information content (AvgIpc) is 2.86. The molecule has 70 valence electrons. The lowest BCUT2D eigenvalue weighted by Crippen LogP contribution is -2.19. The Balaban J connectivity index is 2.25. The van der Waals surface area contributed by atoms with Crippen LogP contribution in [0.25, 0.3) is 0 Å². The first-order valence-corrected chi connectivity index (χ1v) is 4.21. The van der Waals surface area contributed by atoms with Crippen LogP contribution in [0.15, 0.2) is 18.3 Å². The molecule has 3 nitrogen and oxygen atoms in total.